The fraction of sp³-hybridized carbons (Fsp3) is 0.150. The van der Waals surface area contributed by atoms with Gasteiger partial charge in [-0.2, -0.15) is 5.10 Å². The number of hydrogen-bond donors (Lipinski definition) is 2. The molecule has 0 spiro atoms. The predicted octanol–water partition coefficient (Wildman–Crippen LogP) is 2.67. The van der Waals surface area contributed by atoms with Crippen molar-refractivity contribution in [3.63, 3.8) is 0 Å². The maximum atomic E-state index is 12.7. The van der Waals surface area contributed by atoms with Crippen LogP contribution < -0.4 is 10.0 Å². The Hall–Kier alpha value is -3.66. The van der Waals surface area contributed by atoms with Gasteiger partial charge in [-0.05, 0) is 49.4 Å². The highest BCUT2D eigenvalue weighted by Crippen LogP contribution is 2.21. The van der Waals surface area contributed by atoms with E-state index in [0.29, 0.717) is 5.69 Å². The van der Waals surface area contributed by atoms with E-state index in [1.807, 2.05) is 0 Å². The van der Waals surface area contributed by atoms with E-state index in [1.165, 1.54) is 42.1 Å². The van der Waals surface area contributed by atoms with Crippen molar-refractivity contribution in [3.05, 3.63) is 72.6 Å². The van der Waals surface area contributed by atoms with E-state index >= 15 is 0 Å². The predicted molar refractivity (Wildman–Crippen MR) is 111 cm³/mol. The molecule has 0 saturated heterocycles. The summed E-state index contributed by atoms with van der Waals surface area (Å²) in [4.78, 5) is 24.0. The van der Waals surface area contributed by atoms with Crippen molar-refractivity contribution in [2.45, 2.75) is 17.9 Å². The van der Waals surface area contributed by atoms with Crippen LogP contribution in [0.4, 0.5) is 11.4 Å². The van der Waals surface area contributed by atoms with Gasteiger partial charge in [0.05, 0.1) is 23.3 Å². The van der Waals surface area contributed by atoms with Crippen molar-refractivity contribution in [3.8, 4) is 0 Å². The molecule has 0 bridgehead atoms. The number of sulfonamides is 1. The summed E-state index contributed by atoms with van der Waals surface area (Å²) >= 11 is 0. The number of esters is 1. The number of nitrogens with one attached hydrogen (secondary N) is 2. The Kier molecular flexibility index (Phi) is 6.17. The molecule has 0 aliphatic rings. The highest BCUT2D eigenvalue weighted by molar-refractivity contribution is 7.92. The van der Waals surface area contributed by atoms with Crippen LogP contribution in [0.3, 0.4) is 0 Å². The monoisotopic (exact) mass is 428 g/mol. The summed E-state index contributed by atoms with van der Waals surface area (Å²) in [6, 6.07) is 13.0. The van der Waals surface area contributed by atoms with Crippen LogP contribution in [-0.2, 0) is 19.6 Å². The molecule has 0 saturated carbocycles. The van der Waals surface area contributed by atoms with E-state index < -0.39 is 22.0 Å². The first-order valence-corrected chi connectivity index (χ1v) is 10.4. The second-order valence-corrected chi connectivity index (χ2v) is 8.04. The topological polar surface area (TPSA) is 119 Å². The Balaban J connectivity index is 1.76. The summed E-state index contributed by atoms with van der Waals surface area (Å²) in [6.45, 7) is 1.70. The molecule has 0 aliphatic carbocycles. The number of aromatic nitrogens is 2. The standard InChI is InChI=1S/C20H20N4O5S/c1-14(24-11-5-10-21-24)19(25)22-16-7-4-8-17(13-16)23-30(27,28)18-9-3-6-15(12-18)20(26)29-2/h3-14,23H,1-2H3,(H,22,25). The maximum absolute atomic E-state index is 12.7. The van der Waals surface area contributed by atoms with Crippen molar-refractivity contribution in [1.29, 1.82) is 0 Å². The van der Waals surface area contributed by atoms with Gasteiger partial charge in [-0.3, -0.25) is 14.2 Å². The van der Waals surface area contributed by atoms with Crippen LogP contribution >= 0.6 is 0 Å². The van der Waals surface area contributed by atoms with Crippen LogP contribution in [0, 0.1) is 0 Å². The molecule has 0 fully saturated rings. The van der Waals surface area contributed by atoms with Crippen molar-refractivity contribution >= 4 is 33.3 Å². The summed E-state index contributed by atoms with van der Waals surface area (Å²) in [5.74, 6) is -0.937. The number of carbonyl (C=O) groups is 2. The van der Waals surface area contributed by atoms with Crippen LogP contribution in [-0.4, -0.2) is 37.2 Å². The minimum absolute atomic E-state index is 0.0906. The number of benzene rings is 2. The molecule has 1 aromatic heterocycles. The van der Waals surface area contributed by atoms with E-state index in [2.05, 4.69) is 19.9 Å². The third-order valence-corrected chi connectivity index (χ3v) is 5.63. The third-order valence-electron chi connectivity index (χ3n) is 4.25. The van der Waals surface area contributed by atoms with Gasteiger partial charge < -0.3 is 10.1 Å². The summed E-state index contributed by atoms with van der Waals surface area (Å²) in [5, 5.41) is 6.77. The number of anilines is 2. The fourth-order valence-corrected chi connectivity index (χ4v) is 3.75. The first-order valence-electron chi connectivity index (χ1n) is 8.91. The zero-order valence-electron chi connectivity index (χ0n) is 16.3. The summed E-state index contributed by atoms with van der Waals surface area (Å²) in [5.41, 5.74) is 0.791. The van der Waals surface area contributed by atoms with Crippen molar-refractivity contribution in [2.24, 2.45) is 0 Å². The average Bonchev–Trinajstić information content (AvgIpc) is 3.27. The molecule has 156 valence electrons. The Bertz CT molecular complexity index is 1160. The second-order valence-electron chi connectivity index (χ2n) is 6.36. The zero-order valence-corrected chi connectivity index (χ0v) is 17.1. The molecule has 30 heavy (non-hydrogen) atoms. The summed E-state index contributed by atoms with van der Waals surface area (Å²) in [7, 11) is -2.74. The van der Waals surface area contributed by atoms with Crippen molar-refractivity contribution < 1.29 is 22.7 Å². The molecule has 0 radical (unpaired) electrons. The van der Waals surface area contributed by atoms with Gasteiger partial charge in [0.15, 0.2) is 0 Å². The van der Waals surface area contributed by atoms with Crippen LogP contribution in [0.5, 0.6) is 0 Å². The zero-order chi connectivity index (χ0) is 21.7. The number of hydrogen-bond acceptors (Lipinski definition) is 6. The molecule has 10 heteroatoms. The van der Waals surface area contributed by atoms with E-state index in [1.54, 1.807) is 43.6 Å². The van der Waals surface area contributed by atoms with Crippen LogP contribution in [0.25, 0.3) is 0 Å². The van der Waals surface area contributed by atoms with E-state index in [-0.39, 0.29) is 22.1 Å². The van der Waals surface area contributed by atoms with E-state index in [0.717, 1.165) is 0 Å². The molecule has 3 aromatic rings. The lowest BCUT2D eigenvalue weighted by Gasteiger charge is -2.14. The van der Waals surface area contributed by atoms with Crippen LogP contribution in [0.2, 0.25) is 0 Å². The summed E-state index contributed by atoms with van der Waals surface area (Å²) in [6.07, 6.45) is 3.26. The highest BCUT2D eigenvalue weighted by Gasteiger charge is 2.18. The number of rotatable bonds is 7. The first kappa shape index (κ1) is 21.1. The highest BCUT2D eigenvalue weighted by atomic mass is 32.2. The number of methoxy groups -OCH3 is 1. The fourth-order valence-electron chi connectivity index (χ4n) is 2.66. The number of amides is 1. The van der Waals surface area contributed by atoms with Crippen molar-refractivity contribution in [1.82, 2.24) is 9.78 Å². The molecule has 3 rings (SSSR count). The van der Waals surface area contributed by atoms with E-state index in [4.69, 9.17) is 0 Å². The first-order chi connectivity index (χ1) is 14.3. The van der Waals surface area contributed by atoms with Gasteiger partial charge in [-0.25, -0.2) is 13.2 Å². The normalized spacial score (nSPS) is 12.1. The quantitative estimate of drug-likeness (QED) is 0.559. The number of carbonyl (C=O) groups excluding carboxylic acids is 2. The van der Waals surface area contributed by atoms with Crippen molar-refractivity contribution in [2.75, 3.05) is 17.1 Å². The minimum atomic E-state index is -3.96. The Morgan fingerprint density at radius 1 is 1.07 bits per heavy atom. The molecule has 9 nitrogen and oxygen atoms in total. The van der Waals surface area contributed by atoms with Gasteiger partial charge in [-0.15, -0.1) is 0 Å². The smallest absolute Gasteiger partial charge is 0.337 e. The molecule has 1 amide bonds. The van der Waals surface area contributed by atoms with Gasteiger partial charge in [0, 0.05) is 18.1 Å². The molecule has 2 N–H and O–H groups in total. The van der Waals surface area contributed by atoms with Gasteiger partial charge in [0.25, 0.3) is 10.0 Å². The van der Waals surface area contributed by atoms with Crippen LogP contribution in [0.15, 0.2) is 71.9 Å². The lowest BCUT2D eigenvalue weighted by Crippen LogP contribution is -2.24. The largest absolute Gasteiger partial charge is 0.465 e. The van der Waals surface area contributed by atoms with Gasteiger partial charge >= 0.3 is 5.97 Å². The molecule has 1 unspecified atom stereocenters. The Labute approximate surface area is 173 Å². The molecule has 1 heterocycles. The average molecular weight is 428 g/mol. The minimum Gasteiger partial charge on any atom is -0.465 e. The molecular formula is C20H20N4O5S. The van der Waals surface area contributed by atoms with Crippen LogP contribution in [0.1, 0.15) is 23.3 Å². The molecule has 2 aromatic carbocycles. The van der Waals surface area contributed by atoms with Gasteiger partial charge in [0.1, 0.15) is 6.04 Å². The Morgan fingerprint density at radius 2 is 1.80 bits per heavy atom. The molecule has 1 atom stereocenters. The number of ether oxygens (including phenoxy) is 1. The second kappa shape index (κ2) is 8.78. The molecular weight excluding hydrogens is 408 g/mol. The van der Waals surface area contributed by atoms with Gasteiger partial charge in [-0.1, -0.05) is 12.1 Å². The molecule has 0 aliphatic heterocycles. The SMILES string of the molecule is COC(=O)c1cccc(S(=O)(=O)Nc2cccc(NC(=O)C(C)n3cccn3)c2)c1. The lowest BCUT2D eigenvalue weighted by molar-refractivity contribution is -0.119. The lowest BCUT2D eigenvalue weighted by atomic mass is 10.2. The third kappa shape index (κ3) is 4.84. The number of nitrogens with zero attached hydrogens (tertiary/aromatic N) is 2. The maximum Gasteiger partial charge on any atom is 0.337 e. The van der Waals surface area contributed by atoms with E-state index in [9.17, 15) is 18.0 Å². The van der Waals surface area contributed by atoms with Gasteiger partial charge in [0.2, 0.25) is 5.91 Å². The Morgan fingerprint density at radius 3 is 2.50 bits per heavy atom. The summed E-state index contributed by atoms with van der Waals surface area (Å²) < 4.78 is 34.0.